The number of fused-ring (bicyclic) bond motifs is 2. The average Bonchev–Trinajstić information content (AvgIpc) is 3.03. The summed E-state index contributed by atoms with van der Waals surface area (Å²) in [7, 11) is 0. The van der Waals surface area contributed by atoms with Crippen LogP contribution >= 0.6 is 11.6 Å². The number of non-ortho nitro benzene ring substituents is 1. The molecule has 26 heavy (non-hydrogen) atoms. The van der Waals surface area contributed by atoms with Crippen LogP contribution in [0.25, 0.3) is 10.9 Å². The number of anilines is 1. The number of amides is 1. The van der Waals surface area contributed by atoms with Gasteiger partial charge in [-0.3, -0.25) is 14.9 Å². The van der Waals surface area contributed by atoms with Gasteiger partial charge in [0.15, 0.2) is 0 Å². The standard InChI is InChI=1S/C18H11ClFN3O3/c19-17-14(7-11-1-3-12(20)8-15(11)21-17)18(24)22-6-5-10-2-4-13(23(25)26)9-16(10)22/h1-4,7-9H,5-6H2. The Morgan fingerprint density at radius 3 is 2.81 bits per heavy atom. The summed E-state index contributed by atoms with van der Waals surface area (Å²) >= 11 is 6.15. The van der Waals surface area contributed by atoms with E-state index in [9.17, 15) is 19.3 Å². The van der Waals surface area contributed by atoms with Gasteiger partial charge in [-0.1, -0.05) is 17.7 Å². The van der Waals surface area contributed by atoms with Crippen molar-refractivity contribution in [1.82, 2.24) is 4.98 Å². The van der Waals surface area contributed by atoms with E-state index < -0.39 is 16.6 Å². The molecule has 0 bridgehead atoms. The molecule has 4 rings (SSSR count). The zero-order valence-electron chi connectivity index (χ0n) is 13.3. The summed E-state index contributed by atoms with van der Waals surface area (Å²) in [6.45, 7) is 0.396. The van der Waals surface area contributed by atoms with Crippen molar-refractivity contribution in [3.63, 3.8) is 0 Å². The molecule has 0 N–H and O–H groups in total. The molecule has 130 valence electrons. The Balaban J connectivity index is 1.77. The zero-order chi connectivity index (χ0) is 18.4. The summed E-state index contributed by atoms with van der Waals surface area (Å²) in [6.07, 6.45) is 0.600. The molecule has 0 fully saturated rings. The smallest absolute Gasteiger partial charge is 0.271 e. The first kappa shape index (κ1) is 16.4. The third-order valence-electron chi connectivity index (χ3n) is 4.38. The highest BCUT2D eigenvalue weighted by molar-refractivity contribution is 6.34. The van der Waals surface area contributed by atoms with E-state index in [4.69, 9.17) is 11.6 Å². The molecule has 0 unspecified atom stereocenters. The van der Waals surface area contributed by atoms with E-state index in [1.54, 1.807) is 12.1 Å². The van der Waals surface area contributed by atoms with Crippen LogP contribution < -0.4 is 4.90 Å². The van der Waals surface area contributed by atoms with Crippen molar-refractivity contribution in [3.05, 3.63) is 74.7 Å². The summed E-state index contributed by atoms with van der Waals surface area (Å²) < 4.78 is 13.3. The number of halogens is 2. The highest BCUT2D eigenvalue weighted by Crippen LogP contribution is 2.34. The minimum Gasteiger partial charge on any atom is -0.307 e. The first-order chi connectivity index (χ1) is 12.4. The molecule has 1 aliphatic rings. The van der Waals surface area contributed by atoms with Crippen molar-refractivity contribution >= 4 is 39.8 Å². The summed E-state index contributed by atoms with van der Waals surface area (Å²) in [5.41, 5.74) is 1.80. The largest absolute Gasteiger partial charge is 0.307 e. The van der Waals surface area contributed by atoms with Crippen LogP contribution in [-0.2, 0) is 6.42 Å². The summed E-state index contributed by atoms with van der Waals surface area (Å²) in [6, 6.07) is 10.1. The maximum Gasteiger partial charge on any atom is 0.271 e. The van der Waals surface area contributed by atoms with Crippen LogP contribution in [0.1, 0.15) is 15.9 Å². The van der Waals surface area contributed by atoms with Crippen LogP contribution in [0.5, 0.6) is 0 Å². The Kier molecular flexibility index (Phi) is 3.81. The SMILES string of the molecule is O=C(c1cc2ccc(F)cc2nc1Cl)N1CCc2ccc([N+](=O)[O-])cc21. The molecule has 0 atom stereocenters. The lowest BCUT2D eigenvalue weighted by Gasteiger charge is -2.18. The van der Waals surface area contributed by atoms with Gasteiger partial charge in [-0.15, -0.1) is 0 Å². The van der Waals surface area contributed by atoms with Gasteiger partial charge in [0.05, 0.1) is 21.7 Å². The Bertz CT molecular complexity index is 1090. The molecule has 0 aliphatic carbocycles. The lowest BCUT2D eigenvalue weighted by atomic mass is 10.1. The van der Waals surface area contributed by atoms with Crippen LogP contribution in [0, 0.1) is 15.9 Å². The lowest BCUT2D eigenvalue weighted by Crippen LogP contribution is -2.29. The van der Waals surface area contributed by atoms with E-state index >= 15 is 0 Å². The quantitative estimate of drug-likeness (QED) is 0.385. The highest BCUT2D eigenvalue weighted by atomic mass is 35.5. The van der Waals surface area contributed by atoms with Crippen LogP contribution in [0.2, 0.25) is 5.15 Å². The molecule has 1 amide bonds. The van der Waals surface area contributed by atoms with Crippen molar-refractivity contribution in [3.8, 4) is 0 Å². The number of nitro benzene ring substituents is 1. The Hall–Kier alpha value is -3.06. The molecule has 0 radical (unpaired) electrons. The normalized spacial score (nSPS) is 13.1. The zero-order valence-corrected chi connectivity index (χ0v) is 14.0. The fourth-order valence-electron chi connectivity index (χ4n) is 3.10. The number of rotatable bonds is 2. The number of carbonyl (C=O) groups is 1. The van der Waals surface area contributed by atoms with Gasteiger partial charge in [-0.05, 0) is 30.2 Å². The van der Waals surface area contributed by atoms with Crippen molar-refractivity contribution < 1.29 is 14.1 Å². The maximum atomic E-state index is 13.3. The number of hydrogen-bond acceptors (Lipinski definition) is 4. The first-order valence-corrected chi connectivity index (χ1v) is 8.17. The number of hydrogen-bond donors (Lipinski definition) is 0. The second-order valence-corrected chi connectivity index (χ2v) is 6.30. The van der Waals surface area contributed by atoms with Gasteiger partial charge >= 0.3 is 0 Å². The topological polar surface area (TPSA) is 76.3 Å². The lowest BCUT2D eigenvalue weighted by molar-refractivity contribution is -0.384. The molecule has 3 aromatic rings. The molecule has 0 spiro atoms. The van der Waals surface area contributed by atoms with E-state index in [0.29, 0.717) is 29.6 Å². The number of aromatic nitrogens is 1. The second-order valence-electron chi connectivity index (χ2n) is 5.94. The van der Waals surface area contributed by atoms with Gasteiger partial charge < -0.3 is 4.90 Å². The number of pyridine rings is 1. The van der Waals surface area contributed by atoms with E-state index in [2.05, 4.69) is 4.98 Å². The van der Waals surface area contributed by atoms with Crippen molar-refractivity contribution in [1.29, 1.82) is 0 Å². The molecule has 1 aliphatic heterocycles. The summed E-state index contributed by atoms with van der Waals surface area (Å²) in [5.74, 6) is -0.839. The molecule has 1 aromatic heterocycles. The van der Waals surface area contributed by atoms with Crippen molar-refractivity contribution in [2.24, 2.45) is 0 Å². The summed E-state index contributed by atoms with van der Waals surface area (Å²) in [4.78, 5) is 29.1. The van der Waals surface area contributed by atoms with Gasteiger partial charge in [0.1, 0.15) is 11.0 Å². The fourth-order valence-corrected chi connectivity index (χ4v) is 3.33. The van der Waals surface area contributed by atoms with Crippen molar-refractivity contribution in [2.75, 3.05) is 11.4 Å². The molecule has 2 heterocycles. The third kappa shape index (κ3) is 2.66. The monoisotopic (exact) mass is 371 g/mol. The van der Waals surface area contributed by atoms with Crippen LogP contribution in [-0.4, -0.2) is 22.4 Å². The van der Waals surface area contributed by atoms with Crippen LogP contribution in [0.4, 0.5) is 15.8 Å². The van der Waals surface area contributed by atoms with Crippen molar-refractivity contribution in [2.45, 2.75) is 6.42 Å². The van der Waals surface area contributed by atoms with Crippen LogP contribution in [0.3, 0.4) is 0 Å². The molecule has 0 saturated carbocycles. The van der Waals surface area contributed by atoms with E-state index in [1.807, 2.05) is 0 Å². The number of nitrogens with zero attached hydrogens (tertiary/aromatic N) is 3. The number of benzene rings is 2. The number of nitro groups is 1. The van der Waals surface area contributed by atoms with Gasteiger partial charge in [0.2, 0.25) is 0 Å². The van der Waals surface area contributed by atoms with E-state index in [-0.39, 0.29) is 16.4 Å². The van der Waals surface area contributed by atoms with Crippen LogP contribution in [0.15, 0.2) is 42.5 Å². The van der Waals surface area contributed by atoms with Gasteiger partial charge in [0.25, 0.3) is 11.6 Å². The predicted octanol–water partition coefficient (Wildman–Crippen LogP) is 4.14. The predicted molar refractivity (Wildman–Crippen MR) is 95.2 cm³/mol. The Morgan fingerprint density at radius 1 is 1.23 bits per heavy atom. The van der Waals surface area contributed by atoms with E-state index in [0.717, 1.165) is 5.56 Å². The van der Waals surface area contributed by atoms with Gasteiger partial charge in [-0.25, -0.2) is 9.37 Å². The molecule has 6 nitrogen and oxygen atoms in total. The fraction of sp³-hybridized carbons (Fsp3) is 0.111. The molecular formula is C18H11ClFN3O3. The van der Waals surface area contributed by atoms with E-state index in [1.165, 1.54) is 35.2 Å². The third-order valence-corrected chi connectivity index (χ3v) is 4.67. The Labute approximate surface area is 152 Å². The average molecular weight is 372 g/mol. The molecular weight excluding hydrogens is 361 g/mol. The molecule has 8 heteroatoms. The van der Waals surface area contributed by atoms with Gasteiger partial charge in [0, 0.05) is 30.1 Å². The molecule has 0 saturated heterocycles. The maximum absolute atomic E-state index is 13.3. The second kappa shape index (κ2) is 6.03. The molecule has 2 aromatic carbocycles. The Morgan fingerprint density at radius 2 is 2.04 bits per heavy atom. The number of carbonyl (C=O) groups excluding carboxylic acids is 1. The minimum atomic E-state index is -0.500. The highest BCUT2D eigenvalue weighted by Gasteiger charge is 2.29. The minimum absolute atomic E-state index is 0.0352. The first-order valence-electron chi connectivity index (χ1n) is 7.79. The van der Waals surface area contributed by atoms with Gasteiger partial charge in [-0.2, -0.15) is 0 Å². The summed E-state index contributed by atoms with van der Waals surface area (Å²) in [5, 5.41) is 11.6.